The predicted molar refractivity (Wildman–Crippen MR) is 132 cm³/mol. The molecule has 0 fully saturated rings. The Labute approximate surface area is 207 Å². The van der Waals surface area contributed by atoms with Gasteiger partial charge in [0, 0.05) is 19.3 Å². The molecule has 1 heterocycles. The zero-order valence-electron chi connectivity index (χ0n) is 19.9. The molecule has 1 aromatic heterocycles. The number of carbonyl (C=O) groups excluding carboxylic acids is 2. The lowest BCUT2D eigenvalue weighted by Gasteiger charge is -2.31. The number of hydrogen-bond donors (Lipinski definition) is 1. The van der Waals surface area contributed by atoms with Crippen LogP contribution in [-0.4, -0.2) is 54.2 Å². The van der Waals surface area contributed by atoms with Crippen molar-refractivity contribution in [2.75, 3.05) is 32.3 Å². The van der Waals surface area contributed by atoms with Gasteiger partial charge in [-0.2, -0.15) is 0 Å². The van der Waals surface area contributed by atoms with E-state index in [1.165, 1.54) is 42.0 Å². The largest absolute Gasteiger partial charge is 0.497 e. The van der Waals surface area contributed by atoms with E-state index in [2.05, 4.69) is 15.6 Å². The zero-order chi connectivity index (χ0) is 25.5. The summed E-state index contributed by atoms with van der Waals surface area (Å²) in [6.07, 6.45) is 0. The van der Waals surface area contributed by atoms with Crippen LogP contribution in [0.3, 0.4) is 0 Å². The van der Waals surface area contributed by atoms with E-state index < -0.39 is 23.7 Å². The molecule has 186 valence electrons. The Balaban J connectivity index is 1.77. The summed E-state index contributed by atoms with van der Waals surface area (Å²) >= 11 is 0. The van der Waals surface area contributed by atoms with Crippen LogP contribution in [0.15, 0.2) is 72.8 Å². The second kappa shape index (κ2) is 11.4. The molecule has 0 aliphatic carbocycles. The molecule has 36 heavy (non-hydrogen) atoms. The van der Waals surface area contributed by atoms with Gasteiger partial charge in [-0.05, 0) is 48.0 Å². The third-order valence-corrected chi connectivity index (χ3v) is 5.60. The smallest absolute Gasteiger partial charge is 0.249 e. The Bertz CT molecular complexity index is 1340. The Hall–Kier alpha value is -4.31. The van der Waals surface area contributed by atoms with E-state index in [0.29, 0.717) is 29.0 Å². The molecule has 0 saturated heterocycles. The van der Waals surface area contributed by atoms with E-state index in [4.69, 9.17) is 9.47 Å². The first-order valence-electron chi connectivity index (χ1n) is 11.3. The number of aromatic nitrogens is 3. The number of benzene rings is 3. The Morgan fingerprint density at radius 2 is 1.83 bits per heavy atom. The van der Waals surface area contributed by atoms with Gasteiger partial charge in [-0.15, -0.1) is 5.10 Å². The maximum atomic E-state index is 14.3. The molecular weight excluding hydrogens is 465 g/mol. The first kappa shape index (κ1) is 24.8. The second-order valence-corrected chi connectivity index (χ2v) is 7.94. The van der Waals surface area contributed by atoms with E-state index >= 15 is 0 Å². The number of ether oxygens (including phenoxy) is 2. The standard InChI is InChI=1S/C26H26FN5O4/c1-35-15-14-28-26(34)25(18-10-12-21(36-2)13-11-18)32(20-7-5-6-19(27)16-20)24(33)17-31-23-9-4-3-8-22(23)29-30-31/h3-13,16,25H,14-15,17H2,1-2H3,(H,28,34). The molecule has 10 heteroatoms. The molecular formula is C26H26FN5O4. The lowest BCUT2D eigenvalue weighted by atomic mass is 10.0. The second-order valence-electron chi connectivity index (χ2n) is 7.94. The van der Waals surface area contributed by atoms with Crippen molar-refractivity contribution in [2.45, 2.75) is 12.6 Å². The van der Waals surface area contributed by atoms with E-state index in [0.717, 1.165) is 0 Å². The number of para-hydroxylation sites is 1. The normalized spacial score (nSPS) is 11.8. The van der Waals surface area contributed by atoms with Crippen molar-refractivity contribution < 1.29 is 23.5 Å². The molecule has 0 bridgehead atoms. The highest BCUT2D eigenvalue weighted by molar-refractivity contribution is 6.01. The number of anilines is 1. The van der Waals surface area contributed by atoms with Crippen LogP contribution < -0.4 is 15.0 Å². The average Bonchev–Trinajstić information content (AvgIpc) is 3.30. The number of methoxy groups -OCH3 is 2. The highest BCUT2D eigenvalue weighted by Gasteiger charge is 2.33. The molecule has 1 unspecified atom stereocenters. The number of nitrogens with zero attached hydrogens (tertiary/aromatic N) is 4. The van der Waals surface area contributed by atoms with Gasteiger partial charge in [0.25, 0.3) is 0 Å². The summed E-state index contributed by atoms with van der Waals surface area (Å²) in [4.78, 5) is 28.6. The van der Waals surface area contributed by atoms with E-state index in [-0.39, 0.29) is 18.8 Å². The van der Waals surface area contributed by atoms with Crippen LogP contribution in [0.1, 0.15) is 11.6 Å². The molecule has 4 aromatic rings. The summed E-state index contributed by atoms with van der Waals surface area (Å²) in [7, 11) is 3.06. The molecule has 0 aliphatic rings. The van der Waals surface area contributed by atoms with Gasteiger partial charge in [-0.3, -0.25) is 14.5 Å². The maximum absolute atomic E-state index is 14.3. The van der Waals surface area contributed by atoms with Crippen molar-refractivity contribution in [2.24, 2.45) is 0 Å². The number of carbonyl (C=O) groups is 2. The van der Waals surface area contributed by atoms with Gasteiger partial charge in [0.2, 0.25) is 11.8 Å². The van der Waals surface area contributed by atoms with Crippen LogP contribution >= 0.6 is 0 Å². The fraction of sp³-hybridized carbons (Fsp3) is 0.231. The van der Waals surface area contributed by atoms with E-state index in [9.17, 15) is 14.0 Å². The lowest BCUT2D eigenvalue weighted by Crippen LogP contribution is -2.46. The van der Waals surface area contributed by atoms with Crippen LogP contribution in [0.25, 0.3) is 11.0 Å². The van der Waals surface area contributed by atoms with Gasteiger partial charge in [-0.25, -0.2) is 9.07 Å². The number of hydrogen-bond acceptors (Lipinski definition) is 6. The fourth-order valence-electron chi connectivity index (χ4n) is 3.88. The van der Waals surface area contributed by atoms with Crippen LogP contribution in [0.5, 0.6) is 5.75 Å². The summed E-state index contributed by atoms with van der Waals surface area (Å²) in [5, 5.41) is 11.0. The third kappa shape index (κ3) is 5.49. The summed E-state index contributed by atoms with van der Waals surface area (Å²) in [5.41, 5.74) is 2.04. The molecule has 2 amide bonds. The van der Waals surface area contributed by atoms with Crippen molar-refractivity contribution in [1.29, 1.82) is 0 Å². The van der Waals surface area contributed by atoms with Crippen molar-refractivity contribution in [3.05, 3.63) is 84.2 Å². The van der Waals surface area contributed by atoms with Crippen LogP contribution in [0.2, 0.25) is 0 Å². The Morgan fingerprint density at radius 3 is 2.56 bits per heavy atom. The van der Waals surface area contributed by atoms with Gasteiger partial charge >= 0.3 is 0 Å². The van der Waals surface area contributed by atoms with Gasteiger partial charge in [0.1, 0.15) is 29.7 Å². The van der Waals surface area contributed by atoms with Crippen molar-refractivity contribution >= 4 is 28.5 Å². The van der Waals surface area contributed by atoms with Crippen molar-refractivity contribution in [1.82, 2.24) is 20.3 Å². The molecule has 0 radical (unpaired) electrons. The number of halogens is 1. The molecule has 9 nitrogen and oxygen atoms in total. The fourth-order valence-corrected chi connectivity index (χ4v) is 3.88. The molecule has 0 saturated carbocycles. The van der Waals surface area contributed by atoms with Crippen LogP contribution in [0, 0.1) is 5.82 Å². The minimum atomic E-state index is -1.10. The van der Waals surface area contributed by atoms with E-state index in [1.807, 2.05) is 12.1 Å². The number of amides is 2. The van der Waals surface area contributed by atoms with Gasteiger partial charge in [0.05, 0.1) is 19.2 Å². The third-order valence-electron chi connectivity index (χ3n) is 5.60. The van der Waals surface area contributed by atoms with Crippen LogP contribution in [0.4, 0.5) is 10.1 Å². The van der Waals surface area contributed by atoms with Gasteiger partial charge in [0.15, 0.2) is 0 Å². The monoisotopic (exact) mass is 491 g/mol. The van der Waals surface area contributed by atoms with Crippen molar-refractivity contribution in [3.8, 4) is 5.75 Å². The Morgan fingerprint density at radius 1 is 1.06 bits per heavy atom. The number of fused-ring (bicyclic) bond motifs is 1. The summed E-state index contributed by atoms with van der Waals surface area (Å²) in [5.74, 6) is -0.864. The average molecular weight is 492 g/mol. The zero-order valence-corrected chi connectivity index (χ0v) is 19.9. The van der Waals surface area contributed by atoms with Gasteiger partial charge < -0.3 is 14.8 Å². The quantitative estimate of drug-likeness (QED) is 0.342. The highest BCUT2D eigenvalue weighted by atomic mass is 19.1. The topological polar surface area (TPSA) is 98.6 Å². The minimum Gasteiger partial charge on any atom is -0.497 e. The maximum Gasteiger partial charge on any atom is 0.249 e. The minimum absolute atomic E-state index is 0.213. The predicted octanol–water partition coefficient (Wildman–Crippen LogP) is 3.12. The SMILES string of the molecule is COCCNC(=O)C(c1ccc(OC)cc1)N(C(=O)Cn1nnc2ccccc21)c1cccc(F)c1. The molecule has 4 rings (SSSR count). The summed E-state index contributed by atoms with van der Waals surface area (Å²) < 4.78 is 26.0. The lowest BCUT2D eigenvalue weighted by molar-refractivity contribution is -0.127. The molecule has 0 aliphatic heterocycles. The molecule has 1 atom stereocenters. The molecule has 1 N–H and O–H groups in total. The number of nitrogens with one attached hydrogen (secondary N) is 1. The van der Waals surface area contributed by atoms with Gasteiger partial charge in [-0.1, -0.05) is 35.5 Å². The van der Waals surface area contributed by atoms with Crippen molar-refractivity contribution in [3.63, 3.8) is 0 Å². The summed E-state index contributed by atoms with van der Waals surface area (Å²) in [6, 6.07) is 18.5. The number of rotatable bonds is 10. The van der Waals surface area contributed by atoms with E-state index in [1.54, 1.807) is 42.5 Å². The Kier molecular flexibility index (Phi) is 7.86. The van der Waals surface area contributed by atoms with Crippen LogP contribution in [-0.2, 0) is 20.9 Å². The highest BCUT2D eigenvalue weighted by Crippen LogP contribution is 2.30. The summed E-state index contributed by atoms with van der Waals surface area (Å²) in [6.45, 7) is 0.315. The first-order chi connectivity index (χ1) is 17.5. The molecule has 3 aromatic carbocycles. The molecule has 0 spiro atoms. The first-order valence-corrected chi connectivity index (χ1v) is 11.3.